The van der Waals surface area contributed by atoms with E-state index in [9.17, 15) is 8.42 Å². The van der Waals surface area contributed by atoms with E-state index in [2.05, 4.69) is 20.0 Å². The Bertz CT molecular complexity index is 949. The average molecular weight is 398 g/mol. The maximum absolute atomic E-state index is 12.3. The number of amidine groups is 1. The molecule has 2 aliphatic rings. The Morgan fingerprint density at radius 1 is 1.17 bits per heavy atom. The highest BCUT2D eigenvalue weighted by molar-refractivity contribution is 8.16. The van der Waals surface area contributed by atoms with Crippen LogP contribution in [0.15, 0.2) is 51.0 Å². The minimum Gasteiger partial charge on any atom is -0.318 e. The molecule has 0 unspecified atom stereocenters. The molecule has 0 radical (unpaired) electrons. The summed E-state index contributed by atoms with van der Waals surface area (Å²) in [4.78, 5) is 6.61. The number of anilines is 1. The fraction of sp³-hybridized carbons (Fsp3) is 0.133. The lowest BCUT2D eigenvalue weighted by Gasteiger charge is -2.17. The minimum atomic E-state index is -3.60. The topological polar surface area (TPSA) is 61.8 Å². The number of aliphatic imine (C=N–C) groups is 1. The van der Waals surface area contributed by atoms with Crippen LogP contribution in [0.4, 0.5) is 5.69 Å². The summed E-state index contributed by atoms with van der Waals surface area (Å²) >= 11 is 8.46. The van der Waals surface area contributed by atoms with E-state index >= 15 is 0 Å². The largest absolute Gasteiger partial charge is 0.318 e. The number of hydrogen-bond donors (Lipinski definition) is 1. The van der Waals surface area contributed by atoms with Crippen LogP contribution in [0.25, 0.3) is 5.70 Å². The standard InChI is InChI=1S/C15H12ClN3O2S3/c16-13-5-6-14(23-13)24(20,21)18-11-3-1-10(2-4-11)12-9-22-15-17-7-8-19(12)15/h1-6,9,18H,7-8H2. The van der Waals surface area contributed by atoms with E-state index in [1.807, 2.05) is 12.1 Å². The zero-order chi connectivity index (χ0) is 16.7. The summed E-state index contributed by atoms with van der Waals surface area (Å²) in [6.45, 7) is 1.71. The first-order chi connectivity index (χ1) is 11.5. The van der Waals surface area contributed by atoms with Gasteiger partial charge in [0.25, 0.3) is 10.0 Å². The van der Waals surface area contributed by atoms with Crippen LogP contribution in [0.3, 0.4) is 0 Å². The Labute approximate surface area is 153 Å². The number of halogens is 1. The molecule has 0 saturated carbocycles. The first-order valence-corrected chi connectivity index (χ1v) is 10.7. The third-order valence-corrected chi connectivity index (χ3v) is 7.62. The summed E-state index contributed by atoms with van der Waals surface area (Å²) in [6.07, 6.45) is 0. The molecule has 0 saturated heterocycles. The predicted molar refractivity (Wildman–Crippen MR) is 101 cm³/mol. The molecule has 1 aromatic carbocycles. The van der Waals surface area contributed by atoms with Crippen LogP contribution in [0.5, 0.6) is 0 Å². The second kappa shape index (κ2) is 6.11. The first-order valence-electron chi connectivity index (χ1n) is 7.10. The quantitative estimate of drug-likeness (QED) is 0.849. The van der Waals surface area contributed by atoms with Crippen molar-refractivity contribution in [2.75, 3.05) is 17.8 Å². The smallest absolute Gasteiger partial charge is 0.271 e. The number of benzene rings is 1. The highest BCUT2D eigenvalue weighted by atomic mass is 35.5. The minimum absolute atomic E-state index is 0.199. The Kier molecular flexibility index (Phi) is 4.07. The average Bonchev–Trinajstić information content (AvgIpc) is 3.24. The van der Waals surface area contributed by atoms with Gasteiger partial charge < -0.3 is 4.90 Å². The van der Waals surface area contributed by atoms with Crippen molar-refractivity contribution >= 4 is 61.3 Å². The number of thiophene rings is 1. The van der Waals surface area contributed by atoms with Gasteiger partial charge in [0.2, 0.25) is 0 Å². The van der Waals surface area contributed by atoms with Gasteiger partial charge in [-0.3, -0.25) is 9.71 Å². The van der Waals surface area contributed by atoms with E-state index in [-0.39, 0.29) is 4.21 Å². The van der Waals surface area contributed by atoms with E-state index in [1.165, 1.54) is 6.07 Å². The molecule has 2 aliphatic heterocycles. The summed E-state index contributed by atoms with van der Waals surface area (Å²) in [7, 11) is -3.60. The molecule has 0 amide bonds. The van der Waals surface area contributed by atoms with Crippen molar-refractivity contribution in [3.8, 4) is 0 Å². The Morgan fingerprint density at radius 2 is 1.96 bits per heavy atom. The molecule has 24 heavy (non-hydrogen) atoms. The fourth-order valence-electron chi connectivity index (χ4n) is 2.50. The van der Waals surface area contributed by atoms with Crippen molar-refractivity contribution in [2.45, 2.75) is 4.21 Å². The third kappa shape index (κ3) is 2.95. The van der Waals surface area contributed by atoms with Crippen LogP contribution in [0.2, 0.25) is 4.34 Å². The van der Waals surface area contributed by atoms with Crippen molar-refractivity contribution in [2.24, 2.45) is 4.99 Å². The van der Waals surface area contributed by atoms with Crippen LogP contribution >= 0.6 is 34.7 Å². The summed E-state index contributed by atoms with van der Waals surface area (Å²) in [5.41, 5.74) is 2.66. The molecule has 5 nitrogen and oxygen atoms in total. The number of nitrogens with zero attached hydrogens (tertiary/aromatic N) is 2. The van der Waals surface area contributed by atoms with Crippen LogP contribution < -0.4 is 4.72 Å². The van der Waals surface area contributed by atoms with Gasteiger partial charge in [-0.25, -0.2) is 8.42 Å². The van der Waals surface area contributed by atoms with Gasteiger partial charge in [-0.15, -0.1) is 11.3 Å². The number of hydrogen-bond acceptors (Lipinski definition) is 6. The van der Waals surface area contributed by atoms with Crippen molar-refractivity contribution in [3.05, 3.63) is 51.7 Å². The van der Waals surface area contributed by atoms with E-state index in [0.717, 1.165) is 40.9 Å². The molecular formula is C15H12ClN3O2S3. The molecule has 1 aromatic heterocycles. The maximum atomic E-state index is 12.3. The second-order valence-corrected chi connectivity index (χ2v) is 9.64. The molecule has 2 aromatic rings. The van der Waals surface area contributed by atoms with Crippen LogP contribution in [-0.2, 0) is 10.0 Å². The van der Waals surface area contributed by atoms with E-state index < -0.39 is 10.0 Å². The highest BCUT2D eigenvalue weighted by Gasteiger charge is 2.27. The monoisotopic (exact) mass is 397 g/mol. The van der Waals surface area contributed by atoms with Gasteiger partial charge in [0.05, 0.1) is 16.6 Å². The Morgan fingerprint density at radius 3 is 2.67 bits per heavy atom. The molecule has 124 valence electrons. The van der Waals surface area contributed by atoms with Gasteiger partial charge >= 0.3 is 0 Å². The number of thioether (sulfide) groups is 1. The number of fused-ring (bicyclic) bond motifs is 1. The van der Waals surface area contributed by atoms with Gasteiger partial charge in [-0.05, 0) is 29.8 Å². The van der Waals surface area contributed by atoms with Crippen LogP contribution in [0.1, 0.15) is 5.56 Å². The lowest BCUT2D eigenvalue weighted by Crippen LogP contribution is -2.19. The zero-order valence-corrected chi connectivity index (χ0v) is 15.5. The summed E-state index contributed by atoms with van der Waals surface area (Å²) in [5.74, 6) is 0. The zero-order valence-electron chi connectivity index (χ0n) is 12.3. The lowest BCUT2D eigenvalue weighted by atomic mass is 10.1. The van der Waals surface area contributed by atoms with Crippen molar-refractivity contribution < 1.29 is 8.42 Å². The second-order valence-electron chi connectivity index (χ2n) is 5.18. The molecule has 0 spiro atoms. The van der Waals surface area contributed by atoms with Crippen molar-refractivity contribution in [1.82, 2.24) is 4.90 Å². The van der Waals surface area contributed by atoms with Crippen LogP contribution in [0, 0.1) is 0 Å². The number of rotatable bonds is 4. The van der Waals surface area contributed by atoms with Gasteiger partial charge in [-0.1, -0.05) is 35.5 Å². The third-order valence-electron chi connectivity index (χ3n) is 3.61. The van der Waals surface area contributed by atoms with Crippen molar-refractivity contribution in [1.29, 1.82) is 0 Å². The lowest BCUT2D eigenvalue weighted by molar-refractivity contribution is 0.603. The SMILES string of the molecule is O=S(=O)(Nc1ccc(C2=CSC3=NCCN23)cc1)c1ccc(Cl)s1. The number of nitrogens with one attached hydrogen (secondary N) is 1. The predicted octanol–water partition coefficient (Wildman–Crippen LogP) is 3.92. The molecule has 4 rings (SSSR count). The van der Waals surface area contributed by atoms with Gasteiger partial charge in [0.1, 0.15) is 4.21 Å². The molecular weight excluding hydrogens is 386 g/mol. The number of sulfonamides is 1. The molecule has 0 fully saturated rings. The molecule has 0 bridgehead atoms. The van der Waals surface area contributed by atoms with E-state index in [1.54, 1.807) is 30.0 Å². The van der Waals surface area contributed by atoms with Gasteiger partial charge in [0, 0.05) is 17.6 Å². The molecule has 1 N–H and O–H groups in total. The summed E-state index contributed by atoms with van der Waals surface area (Å²) in [5, 5.41) is 3.11. The normalized spacial score (nSPS) is 16.8. The van der Waals surface area contributed by atoms with E-state index in [4.69, 9.17) is 11.6 Å². The molecule has 3 heterocycles. The summed E-state index contributed by atoms with van der Waals surface area (Å²) in [6, 6.07) is 10.4. The Balaban J connectivity index is 1.53. The van der Waals surface area contributed by atoms with Crippen molar-refractivity contribution in [3.63, 3.8) is 0 Å². The summed E-state index contributed by atoms with van der Waals surface area (Å²) < 4.78 is 27.8. The van der Waals surface area contributed by atoms with Gasteiger partial charge in [0.15, 0.2) is 5.17 Å². The molecule has 9 heteroatoms. The van der Waals surface area contributed by atoms with Crippen LogP contribution in [-0.4, -0.2) is 31.6 Å². The molecule has 0 aliphatic carbocycles. The first kappa shape index (κ1) is 16.0. The maximum Gasteiger partial charge on any atom is 0.271 e. The Hall–Kier alpha value is -1.48. The van der Waals surface area contributed by atoms with E-state index in [0.29, 0.717) is 10.0 Å². The molecule has 0 atom stereocenters. The van der Waals surface area contributed by atoms with Gasteiger partial charge in [-0.2, -0.15) is 0 Å². The highest BCUT2D eigenvalue weighted by Crippen LogP contribution is 2.35. The fourth-order valence-corrected chi connectivity index (χ4v) is 6.01.